The first-order valence-corrected chi connectivity index (χ1v) is 7.88. The second-order valence-electron chi connectivity index (χ2n) is 5.37. The molecule has 0 aliphatic rings. The van der Waals surface area contributed by atoms with Gasteiger partial charge in [-0.1, -0.05) is 36.7 Å². The van der Waals surface area contributed by atoms with Gasteiger partial charge < -0.3 is 15.6 Å². The lowest BCUT2D eigenvalue weighted by atomic mass is 9.92. The molecule has 2 rings (SSSR count). The van der Waals surface area contributed by atoms with Crippen LogP contribution in [0.5, 0.6) is 5.75 Å². The topological polar surface area (TPSA) is 72.5 Å². The lowest BCUT2D eigenvalue weighted by Crippen LogP contribution is -2.14. The lowest BCUT2D eigenvalue weighted by molar-refractivity contribution is -0.138. The highest BCUT2D eigenvalue weighted by atomic mass is 35.5. The third-order valence-electron chi connectivity index (χ3n) is 3.53. The van der Waals surface area contributed by atoms with Crippen molar-refractivity contribution in [2.45, 2.75) is 25.7 Å². The summed E-state index contributed by atoms with van der Waals surface area (Å²) in [5.41, 5.74) is 7.83. The molecule has 0 amide bonds. The summed E-state index contributed by atoms with van der Waals surface area (Å²) in [4.78, 5) is 11.6. The number of carbonyl (C=O) groups is 1. The first kappa shape index (κ1) is 17.2. The average Bonchev–Trinajstić information content (AvgIpc) is 2.52. The van der Waals surface area contributed by atoms with Crippen LogP contribution in [0.2, 0.25) is 5.02 Å². The molecule has 2 aromatic rings. The largest absolute Gasteiger partial charge is 0.492 e. The minimum atomic E-state index is -0.878. The van der Waals surface area contributed by atoms with Gasteiger partial charge in [-0.25, -0.2) is 0 Å². The summed E-state index contributed by atoms with van der Waals surface area (Å²) < 4.78 is 5.53. The van der Waals surface area contributed by atoms with E-state index in [1.54, 1.807) is 36.4 Å². The molecule has 5 heteroatoms. The van der Waals surface area contributed by atoms with Crippen LogP contribution in [0.25, 0.3) is 0 Å². The third-order valence-corrected chi connectivity index (χ3v) is 3.83. The molecule has 0 saturated carbocycles. The monoisotopic (exact) mass is 333 g/mol. The first-order chi connectivity index (χ1) is 11.0. The summed E-state index contributed by atoms with van der Waals surface area (Å²) in [5, 5.41) is 10.0. The van der Waals surface area contributed by atoms with Crippen LogP contribution >= 0.6 is 11.6 Å². The SMILES string of the molecule is CCCOc1ccc(CC(C(=O)O)c2ccc(N)cc2)cc1Cl. The van der Waals surface area contributed by atoms with E-state index < -0.39 is 11.9 Å². The Kier molecular flexibility index (Phi) is 5.88. The standard InChI is InChI=1S/C18H20ClNO3/c1-2-9-23-17-8-3-12(11-16(17)19)10-15(18(21)22)13-4-6-14(20)7-5-13/h3-8,11,15H,2,9-10,20H2,1H3,(H,21,22). The Morgan fingerprint density at radius 1 is 1.26 bits per heavy atom. The van der Waals surface area contributed by atoms with E-state index in [2.05, 4.69) is 0 Å². The Labute approximate surface area is 140 Å². The minimum Gasteiger partial charge on any atom is -0.492 e. The van der Waals surface area contributed by atoms with E-state index in [-0.39, 0.29) is 0 Å². The molecule has 0 aromatic heterocycles. The van der Waals surface area contributed by atoms with E-state index in [0.29, 0.717) is 35.1 Å². The van der Waals surface area contributed by atoms with Crippen LogP contribution in [0.3, 0.4) is 0 Å². The van der Waals surface area contributed by atoms with Crippen molar-refractivity contribution >= 4 is 23.3 Å². The highest BCUT2D eigenvalue weighted by Gasteiger charge is 2.20. The molecule has 122 valence electrons. The van der Waals surface area contributed by atoms with Crippen LogP contribution in [-0.2, 0) is 11.2 Å². The second-order valence-corrected chi connectivity index (χ2v) is 5.78. The Morgan fingerprint density at radius 3 is 2.52 bits per heavy atom. The Hall–Kier alpha value is -2.20. The van der Waals surface area contributed by atoms with Gasteiger partial charge in [0.2, 0.25) is 0 Å². The molecule has 1 atom stereocenters. The predicted molar refractivity (Wildman–Crippen MR) is 92.2 cm³/mol. The molecule has 0 aliphatic carbocycles. The van der Waals surface area contributed by atoms with Gasteiger partial charge in [-0.2, -0.15) is 0 Å². The van der Waals surface area contributed by atoms with E-state index in [9.17, 15) is 9.90 Å². The highest BCUT2D eigenvalue weighted by Crippen LogP contribution is 2.29. The van der Waals surface area contributed by atoms with Gasteiger partial charge >= 0.3 is 5.97 Å². The summed E-state index contributed by atoms with van der Waals surface area (Å²) in [6, 6.07) is 12.3. The van der Waals surface area contributed by atoms with Gasteiger partial charge in [-0.3, -0.25) is 4.79 Å². The maximum absolute atomic E-state index is 11.6. The number of benzene rings is 2. The maximum Gasteiger partial charge on any atom is 0.311 e. The van der Waals surface area contributed by atoms with Gasteiger partial charge in [0.1, 0.15) is 5.75 Å². The quantitative estimate of drug-likeness (QED) is 0.747. The van der Waals surface area contributed by atoms with E-state index >= 15 is 0 Å². The van der Waals surface area contributed by atoms with Gasteiger partial charge in [0.25, 0.3) is 0 Å². The van der Waals surface area contributed by atoms with E-state index in [4.69, 9.17) is 22.1 Å². The Morgan fingerprint density at radius 2 is 1.96 bits per heavy atom. The molecule has 4 nitrogen and oxygen atoms in total. The summed E-state index contributed by atoms with van der Waals surface area (Å²) in [6.07, 6.45) is 1.25. The van der Waals surface area contributed by atoms with Gasteiger partial charge in [-0.05, 0) is 48.2 Å². The zero-order chi connectivity index (χ0) is 16.8. The molecular formula is C18H20ClNO3. The van der Waals surface area contributed by atoms with Gasteiger partial charge in [-0.15, -0.1) is 0 Å². The van der Waals surface area contributed by atoms with Gasteiger partial charge in [0, 0.05) is 5.69 Å². The second kappa shape index (κ2) is 7.88. The van der Waals surface area contributed by atoms with Crippen LogP contribution in [0.4, 0.5) is 5.69 Å². The molecule has 0 fully saturated rings. The molecular weight excluding hydrogens is 314 g/mol. The van der Waals surface area contributed by atoms with E-state index in [1.807, 2.05) is 13.0 Å². The number of halogens is 1. The van der Waals surface area contributed by atoms with Crippen molar-refractivity contribution < 1.29 is 14.6 Å². The van der Waals surface area contributed by atoms with E-state index in [1.165, 1.54) is 0 Å². The predicted octanol–water partition coefficient (Wildman–Crippen LogP) is 4.12. The molecule has 0 aliphatic heterocycles. The third kappa shape index (κ3) is 4.63. The number of nitrogen functional groups attached to an aromatic ring is 1. The van der Waals surface area contributed by atoms with Crippen molar-refractivity contribution in [3.63, 3.8) is 0 Å². The minimum absolute atomic E-state index is 0.354. The average molecular weight is 334 g/mol. The molecule has 0 spiro atoms. The summed E-state index contributed by atoms with van der Waals surface area (Å²) in [5.74, 6) is -0.900. The van der Waals surface area contributed by atoms with Crippen molar-refractivity contribution in [2.75, 3.05) is 12.3 Å². The molecule has 0 heterocycles. The molecule has 23 heavy (non-hydrogen) atoms. The zero-order valence-electron chi connectivity index (χ0n) is 13.0. The number of nitrogens with two attached hydrogens (primary N) is 1. The first-order valence-electron chi connectivity index (χ1n) is 7.50. The number of carboxylic acids is 1. The van der Waals surface area contributed by atoms with Crippen LogP contribution in [0.15, 0.2) is 42.5 Å². The van der Waals surface area contributed by atoms with Crippen LogP contribution in [0, 0.1) is 0 Å². The fourth-order valence-corrected chi connectivity index (χ4v) is 2.57. The normalized spacial score (nSPS) is 11.9. The molecule has 2 aromatic carbocycles. The summed E-state index contributed by atoms with van der Waals surface area (Å²) in [7, 11) is 0. The fourth-order valence-electron chi connectivity index (χ4n) is 2.31. The number of rotatable bonds is 7. The van der Waals surface area contributed by atoms with Crippen LogP contribution in [-0.4, -0.2) is 17.7 Å². The van der Waals surface area contributed by atoms with Crippen molar-refractivity contribution in [3.05, 3.63) is 58.6 Å². The molecule has 0 radical (unpaired) electrons. The number of carboxylic acid groups (broad SMARTS) is 1. The highest BCUT2D eigenvalue weighted by molar-refractivity contribution is 6.32. The lowest BCUT2D eigenvalue weighted by Gasteiger charge is -2.14. The summed E-state index contributed by atoms with van der Waals surface area (Å²) in [6.45, 7) is 2.62. The molecule has 0 saturated heterocycles. The maximum atomic E-state index is 11.6. The van der Waals surface area contributed by atoms with Gasteiger partial charge in [0.05, 0.1) is 17.5 Å². The molecule has 3 N–H and O–H groups in total. The van der Waals surface area contributed by atoms with Crippen molar-refractivity contribution in [1.29, 1.82) is 0 Å². The molecule has 0 bridgehead atoms. The number of anilines is 1. The van der Waals surface area contributed by atoms with Gasteiger partial charge in [0.15, 0.2) is 0 Å². The molecule has 1 unspecified atom stereocenters. The number of hydrogen-bond acceptors (Lipinski definition) is 3. The number of hydrogen-bond donors (Lipinski definition) is 2. The smallest absolute Gasteiger partial charge is 0.311 e. The van der Waals surface area contributed by atoms with Crippen molar-refractivity contribution in [2.24, 2.45) is 0 Å². The van der Waals surface area contributed by atoms with Crippen molar-refractivity contribution in [3.8, 4) is 5.75 Å². The van der Waals surface area contributed by atoms with Crippen LogP contribution < -0.4 is 10.5 Å². The van der Waals surface area contributed by atoms with E-state index in [0.717, 1.165) is 12.0 Å². The Balaban J connectivity index is 2.18. The fraction of sp³-hybridized carbons (Fsp3) is 0.278. The van der Waals surface area contributed by atoms with Crippen LogP contribution in [0.1, 0.15) is 30.4 Å². The Bertz CT molecular complexity index is 670. The number of ether oxygens (including phenoxy) is 1. The zero-order valence-corrected chi connectivity index (χ0v) is 13.7. The van der Waals surface area contributed by atoms with Crippen molar-refractivity contribution in [1.82, 2.24) is 0 Å². The number of aliphatic carboxylic acids is 1. The summed E-state index contributed by atoms with van der Waals surface area (Å²) >= 11 is 6.21.